The average molecular weight is 376 g/mol. The number of ether oxygens (including phenoxy) is 1. The van der Waals surface area contributed by atoms with Gasteiger partial charge in [0.05, 0.1) is 12.2 Å². The van der Waals surface area contributed by atoms with Crippen molar-refractivity contribution in [3.05, 3.63) is 71.1 Å². The van der Waals surface area contributed by atoms with E-state index in [1.807, 2.05) is 0 Å². The molecule has 0 saturated carbocycles. The molecule has 8 heteroatoms. The molecule has 0 saturated heterocycles. The fourth-order valence-corrected chi connectivity index (χ4v) is 2.52. The Labute approximate surface area is 152 Å². The van der Waals surface area contributed by atoms with Crippen molar-refractivity contribution < 1.29 is 27.1 Å². The summed E-state index contributed by atoms with van der Waals surface area (Å²) >= 11 is 0. The van der Waals surface area contributed by atoms with Crippen molar-refractivity contribution in [2.45, 2.75) is 19.5 Å². The monoisotopic (exact) mass is 376 g/mol. The molecule has 0 amide bonds. The normalized spacial score (nSPS) is 11.4. The molecule has 0 spiro atoms. The predicted molar refractivity (Wildman–Crippen MR) is 89.9 cm³/mol. The molecule has 0 aliphatic rings. The Kier molecular flexibility index (Phi) is 5.25. The van der Waals surface area contributed by atoms with E-state index >= 15 is 0 Å². The average Bonchev–Trinajstić information content (AvgIpc) is 3.12. The van der Waals surface area contributed by atoms with Crippen LogP contribution in [0.4, 0.5) is 13.2 Å². The molecule has 0 aliphatic carbocycles. The molecule has 0 fully saturated rings. The Morgan fingerprint density at radius 2 is 1.78 bits per heavy atom. The van der Waals surface area contributed by atoms with Crippen LogP contribution in [0, 0.1) is 0 Å². The highest BCUT2D eigenvalue weighted by atomic mass is 19.4. The van der Waals surface area contributed by atoms with Crippen LogP contribution in [0.2, 0.25) is 0 Å². The van der Waals surface area contributed by atoms with Gasteiger partial charge in [-0.25, -0.2) is 4.79 Å². The molecule has 3 aromatic rings. The lowest BCUT2D eigenvalue weighted by atomic mass is 9.99. The SMILES string of the molecule is CCOC(=O)c1nnc(-c2ccccc2Cc2ccc(C(F)(F)F)cc2)o1. The Morgan fingerprint density at radius 3 is 2.44 bits per heavy atom. The zero-order valence-electron chi connectivity index (χ0n) is 14.3. The maximum atomic E-state index is 12.7. The molecule has 0 atom stereocenters. The van der Waals surface area contributed by atoms with Gasteiger partial charge >= 0.3 is 18.0 Å². The third-order valence-corrected chi connectivity index (χ3v) is 3.80. The third-order valence-electron chi connectivity index (χ3n) is 3.80. The second kappa shape index (κ2) is 7.61. The molecule has 1 aromatic heterocycles. The van der Waals surface area contributed by atoms with Gasteiger partial charge in [-0.05, 0) is 42.7 Å². The van der Waals surface area contributed by atoms with E-state index in [4.69, 9.17) is 9.15 Å². The van der Waals surface area contributed by atoms with E-state index in [1.54, 1.807) is 31.2 Å². The van der Waals surface area contributed by atoms with Gasteiger partial charge in [-0.15, -0.1) is 10.2 Å². The topological polar surface area (TPSA) is 65.2 Å². The standard InChI is InChI=1S/C19H15F3N2O3/c1-2-26-18(25)17-24-23-16(27-17)15-6-4-3-5-13(15)11-12-7-9-14(10-8-12)19(20,21)22/h3-10H,2,11H2,1H3. The van der Waals surface area contributed by atoms with Crippen LogP contribution in [0.3, 0.4) is 0 Å². The molecule has 0 bridgehead atoms. The van der Waals surface area contributed by atoms with Crippen LogP contribution in [0.1, 0.15) is 34.3 Å². The molecule has 0 radical (unpaired) electrons. The van der Waals surface area contributed by atoms with Crippen LogP contribution < -0.4 is 0 Å². The molecule has 3 rings (SSSR count). The van der Waals surface area contributed by atoms with Crippen LogP contribution in [-0.4, -0.2) is 22.8 Å². The predicted octanol–water partition coefficient (Wildman–Crippen LogP) is 4.52. The van der Waals surface area contributed by atoms with E-state index in [2.05, 4.69) is 10.2 Å². The number of carbonyl (C=O) groups is 1. The summed E-state index contributed by atoms with van der Waals surface area (Å²) < 4.78 is 48.3. The van der Waals surface area contributed by atoms with Crippen molar-refractivity contribution in [2.75, 3.05) is 6.61 Å². The molecule has 5 nitrogen and oxygen atoms in total. The lowest BCUT2D eigenvalue weighted by molar-refractivity contribution is -0.137. The lowest BCUT2D eigenvalue weighted by Gasteiger charge is -2.09. The van der Waals surface area contributed by atoms with Gasteiger partial charge < -0.3 is 9.15 Å². The fraction of sp³-hybridized carbons (Fsp3) is 0.211. The summed E-state index contributed by atoms with van der Waals surface area (Å²) in [6.07, 6.45) is -4.00. The van der Waals surface area contributed by atoms with Gasteiger partial charge in [-0.3, -0.25) is 0 Å². The zero-order chi connectivity index (χ0) is 19.4. The van der Waals surface area contributed by atoms with Gasteiger partial charge in [0, 0.05) is 5.56 Å². The van der Waals surface area contributed by atoms with E-state index in [9.17, 15) is 18.0 Å². The van der Waals surface area contributed by atoms with Gasteiger partial charge in [-0.2, -0.15) is 13.2 Å². The van der Waals surface area contributed by atoms with Crippen LogP contribution in [0.15, 0.2) is 52.9 Å². The van der Waals surface area contributed by atoms with E-state index < -0.39 is 17.7 Å². The van der Waals surface area contributed by atoms with Crippen molar-refractivity contribution in [2.24, 2.45) is 0 Å². The number of hydrogen-bond acceptors (Lipinski definition) is 5. The molecule has 0 aliphatic heterocycles. The summed E-state index contributed by atoms with van der Waals surface area (Å²) in [5, 5.41) is 7.55. The Hall–Kier alpha value is -3.16. The number of benzene rings is 2. The number of halogens is 3. The summed E-state index contributed by atoms with van der Waals surface area (Å²) in [4.78, 5) is 11.7. The van der Waals surface area contributed by atoms with E-state index in [1.165, 1.54) is 12.1 Å². The molecule has 140 valence electrons. The largest absolute Gasteiger partial charge is 0.459 e. The number of alkyl halides is 3. The highest BCUT2D eigenvalue weighted by Crippen LogP contribution is 2.30. The Bertz CT molecular complexity index is 934. The maximum absolute atomic E-state index is 12.7. The summed E-state index contributed by atoms with van der Waals surface area (Å²) in [7, 11) is 0. The molecular formula is C19H15F3N2O3. The minimum Gasteiger partial charge on any atom is -0.459 e. The van der Waals surface area contributed by atoms with Gasteiger partial charge in [-0.1, -0.05) is 30.3 Å². The van der Waals surface area contributed by atoms with Crippen molar-refractivity contribution >= 4 is 5.97 Å². The zero-order valence-corrected chi connectivity index (χ0v) is 14.3. The smallest absolute Gasteiger partial charge is 0.416 e. The molecule has 27 heavy (non-hydrogen) atoms. The summed E-state index contributed by atoms with van der Waals surface area (Å²) in [5.41, 5.74) is 1.37. The minimum absolute atomic E-state index is 0.139. The highest BCUT2D eigenvalue weighted by molar-refractivity contribution is 5.84. The first-order valence-electron chi connectivity index (χ1n) is 8.13. The molecule has 2 aromatic carbocycles. The third kappa shape index (κ3) is 4.33. The van der Waals surface area contributed by atoms with Gasteiger partial charge in [0.15, 0.2) is 0 Å². The lowest BCUT2D eigenvalue weighted by Crippen LogP contribution is -2.04. The van der Waals surface area contributed by atoms with Crippen LogP contribution in [-0.2, 0) is 17.3 Å². The fourth-order valence-electron chi connectivity index (χ4n) is 2.52. The highest BCUT2D eigenvalue weighted by Gasteiger charge is 2.30. The van der Waals surface area contributed by atoms with E-state index in [0.29, 0.717) is 17.5 Å². The number of aromatic nitrogens is 2. The number of esters is 1. The molecule has 0 N–H and O–H groups in total. The molecule has 0 unspecified atom stereocenters. The van der Waals surface area contributed by atoms with E-state index in [0.717, 1.165) is 17.7 Å². The molecule has 1 heterocycles. The van der Waals surface area contributed by atoms with Gasteiger partial charge in [0.2, 0.25) is 5.89 Å². The number of carbonyl (C=O) groups excluding carboxylic acids is 1. The van der Waals surface area contributed by atoms with Crippen molar-refractivity contribution in [1.82, 2.24) is 10.2 Å². The van der Waals surface area contributed by atoms with Crippen LogP contribution >= 0.6 is 0 Å². The van der Waals surface area contributed by atoms with Gasteiger partial charge in [0.1, 0.15) is 0 Å². The number of nitrogens with zero attached hydrogens (tertiary/aromatic N) is 2. The number of hydrogen-bond donors (Lipinski definition) is 0. The van der Waals surface area contributed by atoms with Crippen LogP contribution in [0.5, 0.6) is 0 Å². The second-order valence-corrected chi connectivity index (χ2v) is 5.66. The van der Waals surface area contributed by atoms with E-state index in [-0.39, 0.29) is 18.4 Å². The first-order valence-corrected chi connectivity index (χ1v) is 8.13. The first kappa shape index (κ1) is 18.6. The van der Waals surface area contributed by atoms with Gasteiger partial charge in [0.25, 0.3) is 0 Å². The Morgan fingerprint density at radius 1 is 1.07 bits per heavy atom. The first-order chi connectivity index (χ1) is 12.9. The maximum Gasteiger partial charge on any atom is 0.416 e. The summed E-state index contributed by atoms with van der Waals surface area (Å²) in [6.45, 7) is 1.84. The summed E-state index contributed by atoms with van der Waals surface area (Å²) in [6, 6.07) is 12.1. The van der Waals surface area contributed by atoms with Crippen molar-refractivity contribution in [3.63, 3.8) is 0 Å². The van der Waals surface area contributed by atoms with Crippen LogP contribution in [0.25, 0.3) is 11.5 Å². The number of rotatable bonds is 5. The second-order valence-electron chi connectivity index (χ2n) is 5.66. The Balaban J connectivity index is 1.85. The van der Waals surface area contributed by atoms with Crippen molar-refractivity contribution in [1.29, 1.82) is 0 Å². The summed E-state index contributed by atoms with van der Waals surface area (Å²) in [5.74, 6) is -0.826. The quantitative estimate of drug-likeness (QED) is 0.613. The minimum atomic E-state index is -4.37. The van der Waals surface area contributed by atoms with Crippen molar-refractivity contribution in [3.8, 4) is 11.5 Å². The molecular weight excluding hydrogens is 361 g/mol.